The third-order valence-corrected chi connectivity index (χ3v) is 4.93. The van der Waals surface area contributed by atoms with Crippen molar-refractivity contribution in [3.8, 4) is 0 Å². The number of carbonyl (C=O) groups excluding carboxylic acids is 2. The molecule has 0 unspecified atom stereocenters. The van der Waals surface area contributed by atoms with Crippen LogP contribution in [0.4, 0.5) is 4.39 Å². The van der Waals surface area contributed by atoms with E-state index in [1.54, 1.807) is 0 Å². The Morgan fingerprint density at radius 2 is 1.69 bits per heavy atom. The number of benzene rings is 2. The second-order valence-electron chi connectivity index (χ2n) is 5.24. The molecule has 0 spiro atoms. The number of esters is 1. The Morgan fingerprint density at radius 1 is 1.04 bits per heavy atom. The molecule has 2 aromatic rings. The summed E-state index contributed by atoms with van der Waals surface area (Å²) in [5, 5.41) is 0.297. The van der Waals surface area contributed by atoms with Gasteiger partial charge in [0.15, 0.2) is 6.61 Å². The van der Waals surface area contributed by atoms with Crippen LogP contribution in [0.25, 0.3) is 0 Å². The van der Waals surface area contributed by atoms with E-state index in [2.05, 4.69) is 0 Å². The number of carbonyl (C=O) groups is 2. The molecular formula is C17H12Cl4FNO3. The first-order valence-electron chi connectivity index (χ1n) is 7.19. The minimum absolute atomic E-state index is 0.0448. The SMILES string of the molecule is CN(Cc1c(F)cccc1Cl)C(=O)COC(=O)c1c(Cl)ccc(Cl)c1Cl. The summed E-state index contributed by atoms with van der Waals surface area (Å²) in [5.74, 6) is -1.99. The maximum atomic E-state index is 13.8. The van der Waals surface area contributed by atoms with Crippen LogP contribution in [-0.4, -0.2) is 30.4 Å². The zero-order chi connectivity index (χ0) is 19.4. The quantitative estimate of drug-likeness (QED) is 0.472. The highest BCUT2D eigenvalue weighted by Crippen LogP contribution is 2.31. The molecule has 2 rings (SSSR count). The standard InChI is InChI=1S/C17H12Cl4FNO3/c1-23(7-9-10(18)3-2-4-13(9)22)14(24)8-26-17(25)15-11(19)5-6-12(20)16(15)21/h2-6H,7-8H2,1H3. The molecule has 0 fully saturated rings. The summed E-state index contributed by atoms with van der Waals surface area (Å²) in [6.45, 7) is -0.666. The van der Waals surface area contributed by atoms with Crippen molar-refractivity contribution in [2.24, 2.45) is 0 Å². The van der Waals surface area contributed by atoms with Gasteiger partial charge >= 0.3 is 5.97 Å². The molecule has 0 saturated carbocycles. The lowest BCUT2D eigenvalue weighted by molar-refractivity contribution is -0.133. The first-order chi connectivity index (χ1) is 12.2. The molecule has 0 saturated heterocycles. The molecule has 2 aromatic carbocycles. The van der Waals surface area contributed by atoms with Crippen LogP contribution in [0.3, 0.4) is 0 Å². The van der Waals surface area contributed by atoms with Crippen LogP contribution in [0.1, 0.15) is 15.9 Å². The van der Waals surface area contributed by atoms with Crippen molar-refractivity contribution in [2.75, 3.05) is 13.7 Å². The van der Waals surface area contributed by atoms with Gasteiger partial charge in [-0.25, -0.2) is 9.18 Å². The smallest absolute Gasteiger partial charge is 0.341 e. The molecule has 0 atom stereocenters. The molecule has 0 aliphatic rings. The van der Waals surface area contributed by atoms with E-state index in [1.165, 1.54) is 42.3 Å². The Bertz CT molecular complexity index is 840. The summed E-state index contributed by atoms with van der Waals surface area (Å²) in [6, 6.07) is 7.04. The third-order valence-electron chi connectivity index (χ3n) is 3.46. The highest BCUT2D eigenvalue weighted by Gasteiger charge is 2.21. The molecule has 138 valence electrons. The average Bonchev–Trinajstić information content (AvgIpc) is 2.59. The molecule has 0 aromatic heterocycles. The molecular weight excluding hydrogens is 427 g/mol. The van der Waals surface area contributed by atoms with E-state index in [0.29, 0.717) is 0 Å². The first-order valence-corrected chi connectivity index (χ1v) is 8.71. The normalized spacial score (nSPS) is 10.5. The predicted octanol–water partition coefficient (Wildman–Crippen LogP) is 5.25. The van der Waals surface area contributed by atoms with Crippen molar-refractivity contribution >= 4 is 58.3 Å². The lowest BCUT2D eigenvalue weighted by atomic mass is 10.2. The van der Waals surface area contributed by atoms with Crippen molar-refractivity contribution in [3.63, 3.8) is 0 Å². The van der Waals surface area contributed by atoms with Crippen LogP contribution in [-0.2, 0) is 16.1 Å². The highest BCUT2D eigenvalue weighted by atomic mass is 35.5. The number of ether oxygens (including phenoxy) is 1. The molecule has 0 aliphatic carbocycles. The third kappa shape index (κ3) is 4.80. The maximum Gasteiger partial charge on any atom is 0.341 e. The van der Waals surface area contributed by atoms with Crippen LogP contribution in [0.15, 0.2) is 30.3 Å². The van der Waals surface area contributed by atoms with E-state index in [0.717, 1.165) is 0 Å². The fraction of sp³-hybridized carbons (Fsp3) is 0.176. The van der Waals surface area contributed by atoms with Crippen molar-refractivity contribution in [3.05, 3.63) is 67.4 Å². The minimum atomic E-state index is -0.895. The van der Waals surface area contributed by atoms with Gasteiger partial charge in [-0.05, 0) is 24.3 Å². The van der Waals surface area contributed by atoms with Gasteiger partial charge in [0, 0.05) is 24.2 Å². The lowest BCUT2D eigenvalue weighted by Crippen LogP contribution is -2.31. The summed E-state index contributed by atoms with van der Waals surface area (Å²) >= 11 is 23.6. The van der Waals surface area contributed by atoms with Crippen LogP contribution >= 0.6 is 46.4 Å². The molecule has 0 heterocycles. The van der Waals surface area contributed by atoms with E-state index >= 15 is 0 Å². The molecule has 26 heavy (non-hydrogen) atoms. The van der Waals surface area contributed by atoms with Gasteiger partial charge in [0.25, 0.3) is 5.91 Å². The van der Waals surface area contributed by atoms with Gasteiger partial charge in [-0.2, -0.15) is 0 Å². The second kappa shape index (κ2) is 8.91. The van der Waals surface area contributed by atoms with Gasteiger partial charge in [-0.15, -0.1) is 0 Å². The van der Waals surface area contributed by atoms with Gasteiger partial charge in [0.2, 0.25) is 0 Å². The zero-order valence-corrected chi connectivity index (χ0v) is 16.4. The number of likely N-dealkylation sites (N-methyl/N-ethyl adjacent to an activating group) is 1. The van der Waals surface area contributed by atoms with E-state index in [9.17, 15) is 14.0 Å². The Kier molecular flexibility index (Phi) is 7.12. The van der Waals surface area contributed by atoms with E-state index in [4.69, 9.17) is 51.1 Å². The zero-order valence-electron chi connectivity index (χ0n) is 13.4. The predicted molar refractivity (Wildman–Crippen MR) is 99.6 cm³/mol. The number of rotatable bonds is 5. The lowest BCUT2D eigenvalue weighted by Gasteiger charge is -2.18. The van der Waals surface area contributed by atoms with Gasteiger partial charge in [-0.1, -0.05) is 52.5 Å². The monoisotopic (exact) mass is 437 g/mol. The Morgan fingerprint density at radius 3 is 2.35 bits per heavy atom. The summed E-state index contributed by atoms with van der Waals surface area (Å²) in [6.07, 6.45) is 0. The Hall–Kier alpha value is -1.53. The van der Waals surface area contributed by atoms with Gasteiger partial charge < -0.3 is 9.64 Å². The molecule has 0 radical (unpaired) electrons. The number of hydrogen-bond acceptors (Lipinski definition) is 3. The van der Waals surface area contributed by atoms with Crippen molar-refractivity contribution in [1.29, 1.82) is 0 Å². The number of hydrogen-bond donors (Lipinski definition) is 0. The van der Waals surface area contributed by atoms with E-state index in [-0.39, 0.29) is 37.8 Å². The first kappa shape index (κ1) is 20.8. The molecule has 1 amide bonds. The van der Waals surface area contributed by atoms with Gasteiger partial charge in [-0.3, -0.25) is 4.79 Å². The largest absolute Gasteiger partial charge is 0.452 e. The molecule has 0 aliphatic heterocycles. The molecule has 0 bridgehead atoms. The second-order valence-corrected chi connectivity index (χ2v) is 6.84. The van der Waals surface area contributed by atoms with E-state index in [1.807, 2.05) is 0 Å². The topological polar surface area (TPSA) is 46.6 Å². The summed E-state index contributed by atoms with van der Waals surface area (Å²) in [5.41, 5.74) is 0.0331. The fourth-order valence-corrected chi connectivity index (χ4v) is 2.94. The number of halogens is 5. The summed E-state index contributed by atoms with van der Waals surface area (Å²) < 4.78 is 18.7. The Labute approximate surface area is 169 Å². The highest BCUT2D eigenvalue weighted by molar-refractivity contribution is 6.46. The van der Waals surface area contributed by atoms with Crippen LogP contribution in [0, 0.1) is 5.82 Å². The van der Waals surface area contributed by atoms with Crippen LogP contribution in [0.2, 0.25) is 20.1 Å². The maximum absolute atomic E-state index is 13.8. The van der Waals surface area contributed by atoms with Crippen molar-refractivity contribution in [2.45, 2.75) is 6.54 Å². The minimum Gasteiger partial charge on any atom is -0.452 e. The van der Waals surface area contributed by atoms with Crippen LogP contribution < -0.4 is 0 Å². The number of nitrogens with zero attached hydrogens (tertiary/aromatic N) is 1. The number of amides is 1. The van der Waals surface area contributed by atoms with Gasteiger partial charge in [0.05, 0.1) is 20.6 Å². The van der Waals surface area contributed by atoms with Gasteiger partial charge in [0.1, 0.15) is 5.82 Å². The molecule has 4 nitrogen and oxygen atoms in total. The summed E-state index contributed by atoms with van der Waals surface area (Å²) in [7, 11) is 1.43. The average molecular weight is 439 g/mol. The summed E-state index contributed by atoms with van der Waals surface area (Å²) in [4.78, 5) is 25.4. The Balaban J connectivity index is 2.02. The van der Waals surface area contributed by atoms with E-state index < -0.39 is 24.3 Å². The van der Waals surface area contributed by atoms with Crippen LogP contribution in [0.5, 0.6) is 0 Å². The fourth-order valence-electron chi connectivity index (χ4n) is 2.03. The molecule has 9 heteroatoms. The van der Waals surface area contributed by atoms with Crippen molar-refractivity contribution in [1.82, 2.24) is 4.90 Å². The molecule has 0 N–H and O–H groups in total. The van der Waals surface area contributed by atoms with Crippen molar-refractivity contribution < 1.29 is 18.7 Å².